The molecule has 0 aromatic heterocycles. The van der Waals surface area contributed by atoms with Crippen LogP contribution in [-0.4, -0.2) is 96.7 Å². The summed E-state index contributed by atoms with van der Waals surface area (Å²) < 4.78 is 68.5. The van der Waals surface area contributed by atoms with Crippen molar-refractivity contribution in [3.05, 3.63) is 0 Å². The quantitative estimate of drug-likeness (QED) is 0.0222. The number of aliphatic hydroxyl groups is 1. The van der Waals surface area contributed by atoms with E-state index in [-0.39, 0.29) is 25.7 Å². The Hall–Kier alpha value is -1.94. The zero-order valence-corrected chi connectivity index (χ0v) is 63.1. The van der Waals surface area contributed by atoms with Crippen LogP contribution in [-0.2, 0) is 65.4 Å². The predicted molar refractivity (Wildman–Crippen MR) is 381 cm³/mol. The molecular weight excluding hydrogens is 1230 g/mol. The van der Waals surface area contributed by atoms with Crippen LogP contribution >= 0.6 is 15.6 Å². The van der Waals surface area contributed by atoms with Crippen molar-refractivity contribution >= 4 is 39.5 Å². The monoisotopic (exact) mass is 1380 g/mol. The number of phosphoric acid groups is 2. The summed E-state index contributed by atoms with van der Waals surface area (Å²) in [6, 6.07) is 0. The summed E-state index contributed by atoms with van der Waals surface area (Å²) in [7, 11) is -9.91. The molecular formula is C75H146O17P2. The molecule has 0 bridgehead atoms. The minimum absolute atomic E-state index is 0.105. The van der Waals surface area contributed by atoms with Gasteiger partial charge in [-0.15, -0.1) is 0 Å². The number of carbonyl (C=O) groups is 4. The number of carbonyl (C=O) groups excluding carboxylic acids is 4. The van der Waals surface area contributed by atoms with Crippen molar-refractivity contribution in [1.82, 2.24) is 0 Å². The van der Waals surface area contributed by atoms with E-state index in [1.165, 1.54) is 205 Å². The van der Waals surface area contributed by atoms with E-state index in [0.29, 0.717) is 25.7 Å². The third-order valence-corrected chi connectivity index (χ3v) is 19.7. The molecule has 0 saturated heterocycles. The molecule has 0 aliphatic rings. The van der Waals surface area contributed by atoms with Crippen molar-refractivity contribution in [2.45, 2.75) is 407 Å². The highest BCUT2D eigenvalue weighted by atomic mass is 31.2. The zero-order chi connectivity index (χ0) is 69.3. The molecule has 0 spiro atoms. The van der Waals surface area contributed by atoms with Crippen LogP contribution in [0.2, 0.25) is 0 Å². The molecule has 0 fully saturated rings. The summed E-state index contributed by atoms with van der Waals surface area (Å²) in [5, 5.41) is 10.6. The molecule has 0 aromatic carbocycles. The van der Waals surface area contributed by atoms with E-state index in [4.69, 9.17) is 37.0 Å². The van der Waals surface area contributed by atoms with E-state index < -0.39 is 97.5 Å². The van der Waals surface area contributed by atoms with E-state index in [1.54, 1.807) is 0 Å². The average Bonchev–Trinajstić information content (AvgIpc) is 1.44. The fourth-order valence-corrected chi connectivity index (χ4v) is 13.0. The Morgan fingerprint density at radius 2 is 0.543 bits per heavy atom. The van der Waals surface area contributed by atoms with Crippen LogP contribution in [0.3, 0.4) is 0 Å². The highest BCUT2D eigenvalue weighted by Gasteiger charge is 2.30. The van der Waals surface area contributed by atoms with Crippen LogP contribution in [0.5, 0.6) is 0 Å². The van der Waals surface area contributed by atoms with Gasteiger partial charge in [0.05, 0.1) is 26.4 Å². The Morgan fingerprint density at radius 3 is 0.809 bits per heavy atom. The second-order valence-electron chi connectivity index (χ2n) is 27.8. The number of esters is 4. The maximum absolute atomic E-state index is 13.1. The first-order valence-corrected chi connectivity index (χ1v) is 42.0. The van der Waals surface area contributed by atoms with Crippen molar-refractivity contribution in [1.29, 1.82) is 0 Å². The number of rotatable bonds is 74. The van der Waals surface area contributed by atoms with Gasteiger partial charge in [-0.3, -0.25) is 37.3 Å². The molecule has 19 heteroatoms. The van der Waals surface area contributed by atoms with Gasteiger partial charge in [0, 0.05) is 25.7 Å². The highest BCUT2D eigenvalue weighted by Crippen LogP contribution is 2.45. The van der Waals surface area contributed by atoms with Crippen LogP contribution in [0.15, 0.2) is 0 Å². The molecule has 0 heterocycles. The summed E-state index contributed by atoms with van der Waals surface area (Å²) in [6.07, 6.45) is 53.9. The van der Waals surface area contributed by atoms with Crippen LogP contribution in [0.25, 0.3) is 0 Å². The van der Waals surface area contributed by atoms with Gasteiger partial charge in [-0.25, -0.2) is 9.13 Å². The lowest BCUT2D eigenvalue weighted by Gasteiger charge is -2.21. The summed E-state index contributed by atoms with van der Waals surface area (Å²) in [5.41, 5.74) is 0. The van der Waals surface area contributed by atoms with Crippen LogP contribution in [0.1, 0.15) is 388 Å². The van der Waals surface area contributed by atoms with Gasteiger partial charge < -0.3 is 33.8 Å². The highest BCUT2D eigenvalue weighted by molar-refractivity contribution is 7.47. The summed E-state index contributed by atoms with van der Waals surface area (Å²) in [5.74, 6) is -0.570. The smallest absolute Gasteiger partial charge is 0.462 e. The fourth-order valence-electron chi connectivity index (χ4n) is 11.4. The van der Waals surface area contributed by atoms with Gasteiger partial charge >= 0.3 is 39.5 Å². The Balaban J connectivity index is 5.26. The van der Waals surface area contributed by atoms with Crippen LogP contribution in [0.4, 0.5) is 0 Å². The Kier molecular flexibility index (Phi) is 65.5. The minimum atomic E-state index is -4.96. The maximum atomic E-state index is 13.1. The van der Waals surface area contributed by atoms with E-state index in [2.05, 4.69) is 41.5 Å². The zero-order valence-electron chi connectivity index (χ0n) is 61.3. The Morgan fingerprint density at radius 1 is 0.309 bits per heavy atom. The Labute approximate surface area is 575 Å². The SMILES string of the molecule is CCCCCCCCCCCCCCCCCC(=O)OC[C@H](COP(=O)(O)OC[C@@H](O)COP(=O)(O)OC[C@@H](COC(=O)CCCCCCCCCCCCCC)OC(=O)CCCCCCCCCCC(C)CC)OC(=O)CCCCCCCCCCCCCCC(C)C. The third-order valence-electron chi connectivity index (χ3n) is 17.8. The van der Waals surface area contributed by atoms with Crippen molar-refractivity contribution in [3.8, 4) is 0 Å². The van der Waals surface area contributed by atoms with E-state index >= 15 is 0 Å². The maximum Gasteiger partial charge on any atom is 0.472 e. The minimum Gasteiger partial charge on any atom is -0.462 e. The van der Waals surface area contributed by atoms with E-state index in [1.807, 2.05) is 0 Å². The van der Waals surface area contributed by atoms with Gasteiger partial charge in [0.2, 0.25) is 0 Å². The average molecular weight is 1380 g/mol. The van der Waals surface area contributed by atoms with Crippen LogP contribution in [0, 0.1) is 11.8 Å². The molecule has 94 heavy (non-hydrogen) atoms. The van der Waals surface area contributed by atoms with Crippen molar-refractivity contribution in [3.63, 3.8) is 0 Å². The number of unbranched alkanes of at least 4 members (excludes halogenated alkanes) is 43. The first kappa shape index (κ1) is 92.1. The fraction of sp³-hybridized carbons (Fsp3) is 0.947. The number of hydrogen-bond donors (Lipinski definition) is 3. The normalized spacial score (nSPS) is 14.3. The van der Waals surface area contributed by atoms with Gasteiger partial charge in [0.1, 0.15) is 19.3 Å². The topological polar surface area (TPSA) is 237 Å². The molecule has 0 rings (SSSR count). The molecule has 0 saturated carbocycles. The molecule has 0 amide bonds. The molecule has 0 radical (unpaired) electrons. The van der Waals surface area contributed by atoms with Crippen molar-refractivity contribution < 1.29 is 80.2 Å². The number of ether oxygens (including phenoxy) is 4. The third kappa shape index (κ3) is 67.3. The van der Waals surface area contributed by atoms with Gasteiger partial charge in [-0.1, -0.05) is 337 Å². The Bertz CT molecular complexity index is 1820. The van der Waals surface area contributed by atoms with Crippen molar-refractivity contribution in [2.24, 2.45) is 11.8 Å². The van der Waals surface area contributed by atoms with Gasteiger partial charge in [0.25, 0.3) is 0 Å². The summed E-state index contributed by atoms with van der Waals surface area (Å²) in [6.45, 7) is 9.60. The molecule has 0 aliphatic carbocycles. The number of aliphatic hydroxyl groups excluding tert-OH is 1. The summed E-state index contributed by atoms with van der Waals surface area (Å²) in [4.78, 5) is 72.8. The van der Waals surface area contributed by atoms with Crippen LogP contribution < -0.4 is 0 Å². The largest absolute Gasteiger partial charge is 0.472 e. The molecule has 3 unspecified atom stereocenters. The molecule has 558 valence electrons. The molecule has 17 nitrogen and oxygen atoms in total. The number of hydrogen-bond acceptors (Lipinski definition) is 15. The van der Waals surface area contributed by atoms with Gasteiger partial charge in [0.15, 0.2) is 12.2 Å². The standard InChI is InChI=1S/C75H146O17P2/c1-7-10-12-14-16-18-20-22-23-24-29-33-40-46-52-58-73(78)85-63-70(91-74(79)59-53-47-41-34-30-26-25-27-31-37-43-49-55-67(4)5)65-89-93(81,82)87-61-69(76)62-88-94(83,84)90-66-71(92-75(80)60-54-48-42-36-35-38-44-50-56-68(6)9-3)64-86-72(77)57-51-45-39-32-28-21-19-17-15-13-11-8-2/h67-71,76H,7-66H2,1-6H3,(H,81,82)(H,83,84)/t68?,69-,70-,71-/m1/s1. The second-order valence-corrected chi connectivity index (χ2v) is 30.7. The lowest BCUT2D eigenvalue weighted by molar-refractivity contribution is -0.161. The predicted octanol–water partition coefficient (Wildman–Crippen LogP) is 21.9. The first-order valence-electron chi connectivity index (χ1n) is 39.0. The summed E-state index contributed by atoms with van der Waals surface area (Å²) >= 11 is 0. The van der Waals surface area contributed by atoms with E-state index in [9.17, 15) is 43.2 Å². The van der Waals surface area contributed by atoms with Gasteiger partial charge in [-0.05, 0) is 37.5 Å². The van der Waals surface area contributed by atoms with E-state index in [0.717, 1.165) is 102 Å². The van der Waals surface area contributed by atoms with Crippen molar-refractivity contribution in [2.75, 3.05) is 39.6 Å². The molecule has 0 aromatic rings. The lowest BCUT2D eigenvalue weighted by atomic mass is 9.99. The number of phosphoric ester groups is 2. The lowest BCUT2D eigenvalue weighted by Crippen LogP contribution is -2.30. The first-order chi connectivity index (χ1) is 45.4. The molecule has 6 atom stereocenters. The van der Waals surface area contributed by atoms with Gasteiger partial charge in [-0.2, -0.15) is 0 Å². The molecule has 0 aliphatic heterocycles. The molecule has 3 N–H and O–H groups in total. The second kappa shape index (κ2) is 66.9.